The van der Waals surface area contributed by atoms with E-state index in [1.54, 1.807) is 35.2 Å². The van der Waals surface area contributed by atoms with Gasteiger partial charge in [-0.1, -0.05) is 23.8 Å². The number of fused-ring (bicyclic) bond motifs is 1. The molecule has 1 amide bonds. The Bertz CT molecular complexity index is 1310. The standard InChI is InChI=1S/C25H20FN3O3/c1-14-3-10-18(11-4-14)29-24(16-7-12-19(30)20(13-16)32-2)21-22(27-28-23(21)25(29)31)15-5-8-17(26)9-6-15/h3-13,24,30H,1-2H3,(H,27,28)/t24-/m1/s1. The number of phenols is 1. The summed E-state index contributed by atoms with van der Waals surface area (Å²) >= 11 is 0. The highest BCUT2D eigenvalue weighted by Gasteiger charge is 2.43. The van der Waals surface area contributed by atoms with Crippen LogP contribution >= 0.6 is 0 Å². The first kappa shape index (κ1) is 19.8. The van der Waals surface area contributed by atoms with E-state index in [9.17, 15) is 14.3 Å². The molecule has 1 atom stereocenters. The summed E-state index contributed by atoms with van der Waals surface area (Å²) in [6, 6.07) is 18.2. The molecule has 160 valence electrons. The molecular formula is C25H20FN3O3. The minimum Gasteiger partial charge on any atom is -0.504 e. The average Bonchev–Trinajstić information content (AvgIpc) is 3.35. The molecule has 3 aromatic carbocycles. The summed E-state index contributed by atoms with van der Waals surface area (Å²) in [6.45, 7) is 1.98. The van der Waals surface area contributed by atoms with E-state index in [0.717, 1.165) is 16.8 Å². The van der Waals surface area contributed by atoms with Crippen molar-refractivity contribution in [2.45, 2.75) is 13.0 Å². The highest BCUT2D eigenvalue weighted by atomic mass is 19.1. The van der Waals surface area contributed by atoms with Gasteiger partial charge in [0.2, 0.25) is 0 Å². The number of phenolic OH excluding ortho intramolecular Hbond substituents is 1. The number of nitrogens with one attached hydrogen (secondary N) is 1. The molecule has 5 rings (SSSR count). The number of H-pyrrole nitrogens is 1. The fourth-order valence-electron chi connectivity index (χ4n) is 4.13. The number of carbonyl (C=O) groups excluding carboxylic acids is 1. The van der Waals surface area contributed by atoms with E-state index in [1.165, 1.54) is 19.2 Å². The largest absolute Gasteiger partial charge is 0.504 e. The van der Waals surface area contributed by atoms with Gasteiger partial charge in [-0.3, -0.25) is 14.8 Å². The number of aromatic nitrogens is 2. The van der Waals surface area contributed by atoms with Gasteiger partial charge in [-0.25, -0.2) is 4.39 Å². The van der Waals surface area contributed by atoms with Crippen LogP contribution in [0.25, 0.3) is 11.3 Å². The van der Waals surface area contributed by atoms with Crippen molar-refractivity contribution < 1.29 is 19.0 Å². The molecule has 7 heteroatoms. The second kappa shape index (κ2) is 7.53. The van der Waals surface area contributed by atoms with Crippen LogP contribution in [0, 0.1) is 12.7 Å². The predicted molar refractivity (Wildman–Crippen MR) is 118 cm³/mol. The fourth-order valence-corrected chi connectivity index (χ4v) is 4.13. The van der Waals surface area contributed by atoms with Gasteiger partial charge in [0.25, 0.3) is 5.91 Å². The Labute approximate surface area is 183 Å². The van der Waals surface area contributed by atoms with Crippen LogP contribution in [0.5, 0.6) is 11.5 Å². The number of hydrogen-bond donors (Lipinski definition) is 2. The first-order chi connectivity index (χ1) is 15.5. The Hall–Kier alpha value is -4.13. The zero-order valence-corrected chi connectivity index (χ0v) is 17.5. The number of hydrogen-bond acceptors (Lipinski definition) is 4. The predicted octanol–water partition coefficient (Wildman–Crippen LogP) is 4.99. The van der Waals surface area contributed by atoms with Crippen molar-refractivity contribution >= 4 is 11.6 Å². The minimum absolute atomic E-state index is 0.00799. The molecule has 2 heterocycles. The number of aromatic amines is 1. The van der Waals surface area contributed by atoms with Crippen LogP contribution in [-0.2, 0) is 0 Å². The van der Waals surface area contributed by atoms with Crippen LogP contribution in [0.1, 0.15) is 33.2 Å². The molecule has 1 aliphatic rings. The second-order valence-electron chi connectivity index (χ2n) is 7.71. The highest BCUT2D eigenvalue weighted by Crippen LogP contribution is 2.46. The molecule has 0 spiro atoms. The molecule has 0 aliphatic carbocycles. The summed E-state index contributed by atoms with van der Waals surface area (Å²) in [6.07, 6.45) is 0. The smallest absolute Gasteiger partial charge is 0.277 e. The maximum Gasteiger partial charge on any atom is 0.277 e. The summed E-state index contributed by atoms with van der Waals surface area (Å²) in [5.74, 6) is -0.257. The third-order valence-corrected chi connectivity index (χ3v) is 5.72. The van der Waals surface area contributed by atoms with Gasteiger partial charge in [0, 0.05) is 16.8 Å². The number of halogens is 1. The van der Waals surface area contributed by atoms with E-state index in [4.69, 9.17) is 4.74 Å². The Morgan fingerprint density at radius 1 is 1.06 bits per heavy atom. The minimum atomic E-state index is -0.520. The summed E-state index contributed by atoms with van der Waals surface area (Å²) in [4.78, 5) is 15.2. The maximum absolute atomic E-state index is 13.5. The first-order valence-electron chi connectivity index (χ1n) is 10.1. The molecule has 1 aliphatic heterocycles. The van der Waals surface area contributed by atoms with E-state index in [-0.39, 0.29) is 17.5 Å². The molecule has 2 N–H and O–H groups in total. The summed E-state index contributed by atoms with van der Waals surface area (Å²) in [7, 11) is 1.48. The number of carbonyl (C=O) groups is 1. The highest BCUT2D eigenvalue weighted by molar-refractivity contribution is 6.11. The van der Waals surface area contributed by atoms with Gasteiger partial charge in [0.1, 0.15) is 11.5 Å². The molecule has 1 aromatic heterocycles. The SMILES string of the molecule is COc1cc([C@@H]2c3c(-c4ccc(F)cc4)n[nH]c3C(=O)N2c2ccc(C)cc2)ccc1O. The van der Waals surface area contributed by atoms with Crippen LogP contribution < -0.4 is 9.64 Å². The lowest BCUT2D eigenvalue weighted by Gasteiger charge is -2.27. The van der Waals surface area contributed by atoms with Crippen molar-refractivity contribution in [3.05, 3.63) is 94.9 Å². The number of aromatic hydroxyl groups is 1. The number of nitrogens with zero attached hydrogens (tertiary/aromatic N) is 2. The van der Waals surface area contributed by atoms with Crippen LogP contribution in [0.2, 0.25) is 0 Å². The van der Waals surface area contributed by atoms with Gasteiger partial charge < -0.3 is 9.84 Å². The number of amides is 1. The molecular weight excluding hydrogens is 409 g/mol. The lowest BCUT2D eigenvalue weighted by Crippen LogP contribution is -2.29. The molecule has 0 radical (unpaired) electrons. The van der Waals surface area contributed by atoms with E-state index >= 15 is 0 Å². The molecule has 6 nitrogen and oxygen atoms in total. The molecule has 0 unspecified atom stereocenters. The van der Waals surface area contributed by atoms with Crippen molar-refractivity contribution in [2.24, 2.45) is 0 Å². The maximum atomic E-state index is 13.5. The van der Waals surface area contributed by atoms with Crippen LogP contribution in [-0.4, -0.2) is 28.3 Å². The number of rotatable bonds is 4. The van der Waals surface area contributed by atoms with Crippen molar-refractivity contribution in [1.82, 2.24) is 10.2 Å². The summed E-state index contributed by atoms with van der Waals surface area (Å²) in [5, 5.41) is 17.4. The zero-order valence-electron chi connectivity index (χ0n) is 17.5. The second-order valence-corrected chi connectivity index (χ2v) is 7.71. The van der Waals surface area contributed by atoms with Gasteiger partial charge in [-0.15, -0.1) is 0 Å². The lowest BCUT2D eigenvalue weighted by molar-refractivity contribution is 0.0988. The van der Waals surface area contributed by atoms with Gasteiger partial charge in [0.15, 0.2) is 11.5 Å². The summed E-state index contributed by atoms with van der Waals surface area (Å²) in [5.41, 5.74) is 4.88. The molecule has 32 heavy (non-hydrogen) atoms. The number of anilines is 1. The third-order valence-electron chi connectivity index (χ3n) is 5.72. The number of methoxy groups -OCH3 is 1. The van der Waals surface area contributed by atoms with E-state index in [1.807, 2.05) is 31.2 Å². The normalized spacial score (nSPS) is 15.2. The van der Waals surface area contributed by atoms with Gasteiger partial charge >= 0.3 is 0 Å². The van der Waals surface area contributed by atoms with E-state index in [2.05, 4.69) is 10.2 Å². The Morgan fingerprint density at radius 2 is 1.78 bits per heavy atom. The topological polar surface area (TPSA) is 78.5 Å². The number of ether oxygens (including phenoxy) is 1. The van der Waals surface area contributed by atoms with Gasteiger partial charge in [-0.05, 0) is 61.0 Å². The van der Waals surface area contributed by atoms with Gasteiger partial charge in [-0.2, -0.15) is 5.10 Å². The molecule has 0 bridgehead atoms. The zero-order chi connectivity index (χ0) is 22.4. The number of aryl methyl sites for hydroxylation is 1. The van der Waals surface area contributed by atoms with Crippen molar-refractivity contribution in [1.29, 1.82) is 0 Å². The Kier molecular flexibility index (Phi) is 4.66. The summed E-state index contributed by atoms with van der Waals surface area (Å²) < 4.78 is 18.8. The lowest BCUT2D eigenvalue weighted by atomic mass is 9.95. The van der Waals surface area contributed by atoms with Crippen molar-refractivity contribution in [3.63, 3.8) is 0 Å². The Morgan fingerprint density at radius 3 is 2.47 bits per heavy atom. The van der Waals surface area contributed by atoms with E-state index < -0.39 is 6.04 Å². The van der Waals surface area contributed by atoms with Crippen molar-refractivity contribution in [2.75, 3.05) is 12.0 Å². The van der Waals surface area contributed by atoms with Crippen LogP contribution in [0.4, 0.5) is 10.1 Å². The number of benzene rings is 3. The fraction of sp³-hybridized carbons (Fsp3) is 0.120. The van der Waals surface area contributed by atoms with Crippen LogP contribution in [0.15, 0.2) is 66.7 Å². The van der Waals surface area contributed by atoms with Crippen molar-refractivity contribution in [3.8, 4) is 22.8 Å². The molecule has 4 aromatic rings. The van der Waals surface area contributed by atoms with Gasteiger partial charge in [0.05, 0.1) is 18.8 Å². The monoisotopic (exact) mass is 429 g/mol. The average molecular weight is 429 g/mol. The first-order valence-corrected chi connectivity index (χ1v) is 10.1. The Balaban J connectivity index is 1.73. The molecule has 0 saturated heterocycles. The van der Waals surface area contributed by atoms with E-state index in [0.29, 0.717) is 28.3 Å². The molecule has 0 fully saturated rings. The quantitative estimate of drug-likeness (QED) is 0.479. The third kappa shape index (κ3) is 3.10. The molecule has 0 saturated carbocycles. The van der Waals surface area contributed by atoms with Crippen LogP contribution in [0.3, 0.4) is 0 Å².